The lowest BCUT2D eigenvalue weighted by Gasteiger charge is -2.36. The van der Waals surface area contributed by atoms with Crippen LogP contribution in [0.5, 0.6) is 0 Å². The monoisotopic (exact) mass is 424 g/mol. The van der Waals surface area contributed by atoms with E-state index in [0.29, 0.717) is 19.6 Å². The normalized spacial score (nSPS) is 12.9. The summed E-state index contributed by atoms with van der Waals surface area (Å²) in [5.74, 6) is -0.354. The Morgan fingerprint density at radius 1 is 1.14 bits per heavy atom. The van der Waals surface area contributed by atoms with Crippen molar-refractivity contribution in [3.8, 4) is 0 Å². The first kappa shape index (κ1) is 25.1. The maximum absolute atomic E-state index is 12.2. The number of rotatable bonds is 11. The molecular formula is C21H36N2O5Si. The van der Waals surface area contributed by atoms with Crippen molar-refractivity contribution >= 4 is 20.4 Å². The SMILES string of the molecule is COC(=O)CNC[C@@H](CCO[Si](C)(C)C(C)(C)C)NC(=O)OCc1ccccc1. The predicted octanol–water partition coefficient (Wildman–Crippen LogP) is 3.46. The van der Waals surface area contributed by atoms with Gasteiger partial charge in [-0.05, 0) is 30.1 Å². The second kappa shape index (κ2) is 11.9. The van der Waals surface area contributed by atoms with Crippen LogP contribution in [-0.2, 0) is 25.3 Å². The number of nitrogens with one attached hydrogen (secondary N) is 2. The van der Waals surface area contributed by atoms with E-state index in [4.69, 9.17) is 9.16 Å². The van der Waals surface area contributed by atoms with Crippen LogP contribution < -0.4 is 10.6 Å². The van der Waals surface area contributed by atoms with E-state index < -0.39 is 14.4 Å². The highest BCUT2D eigenvalue weighted by Gasteiger charge is 2.37. The summed E-state index contributed by atoms with van der Waals surface area (Å²) >= 11 is 0. The van der Waals surface area contributed by atoms with Gasteiger partial charge in [-0.1, -0.05) is 51.1 Å². The van der Waals surface area contributed by atoms with Gasteiger partial charge in [0.25, 0.3) is 0 Å². The predicted molar refractivity (Wildman–Crippen MR) is 116 cm³/mol. The van der Waals surface area contributed by atoms with Gasteiger partial charge in [-0.15, -0.1) is 0 Å². The van der Waals surface area contributed by atoms with Crippen molar-refractivity contribution in [2.75, 3.05) is 26.8 Å². The Bertz CT molecular complexity index is 632. The number of ether oxygens (including phenoxy) is 2. The molecule has 1 rings (SSSR count). The summed E-state index contributed by atoms with van der Waals surface area (Å²) in [5.41, 5.74) is 0.921. The smallest absolute Gasteiger partial charge is 0.407 e. The summed E-state index contributed by atoms with van der Waals surface area (Å²) in [4.78, 5) is 23.5. The highest BCUT2D eigenvalue weighted by Crippen LogP contribution is 2.36. The fraction of sp³-hybridized carbons (Fsp3) is 0.619. The van der Waals surface area contributed by atoms with Crippen LogP contribution in [0.15, 0.2) is 30.3 Å². The third kappa shape index (κ3) is 9.91. The molecule has 0 heterocycles. The fourth-order valence-electron chi connectivity index (χ4n) is 2.25. The lowest BCUT2D eigenvalue weighted by atomic mass is 10.2. The Balaban J connectivity index is 2.55. The molecule has 1 amide bonds. The molecule has 0 aliphatic heterocycles. The maximum Gasteiger partial charge on any atom is 0.407 e. The molecule has 1 aromatic carbocycles. The Kier molecular flexibility index (Phi) is 10.4. The van der Waals surface area contributed by atoms with Crippen LogP contribution in [0.3, 0.4) is 0 Å². The van der Waals surface area contributed by atoms with Gasteiger partial charge in [-0.3, -0.25) is 4.79 Å². The molecule has 29 heavy (non-hydrogen) atoms. The molecule has 0 saturated heterocycles. The maximum atomic E-state index is 12.2. The minimum Gasteiger partial charge on any atom is -0.468 e. The van der Waals surface area contributed by atoms with Crippen molar-refractivity contribution in [1.29, 1.82) is 0 Å². The first-order valence-corrected chi connectivity index (χ1v) is 12.8. The van der Waals surface area contributed by atoms with Crippen molar-refractivity contribution in [2.45, 2.75) is 58.0 Å². The van der Waals surface area contributed by atoms with E-state index in [1.807, 2.05) is 30.3 Å². The molecule has 0 radical (unpaired) electrons. The zero-order chi connectivity index (χ0) is 21.9. The van der Waals surface area contributed by atoms with Crippen LogP contribution in [-0.4, -0.2) is 53.2 Å². The van der Waals surface area contributed by atoms with E-state index in [1.165, 1.54) is 7.11 Å². The summed E-state index contributed by atoms with van der Waals surface area (Å²) in [6.45, 7) is 12.2. The van der Waals surface area contributed by atoms with Crippen LogP contribution in [0.1, 0.15) is 32.8 Å². The van der Waals surface area contributed by atoms with Gasteiger partial charge in [-0.25, -0.2) is 4.79 Å². The van der Waals surface area contributed by atoms with E-state index in [9.17, 15) is 9.59 Å². The third-order valence-electron chi connectivity index (χ3n) is 5.16. The standard InChI is InChI=1S/C21H36N2O5Si/c1-21(2,3)29(5,6)28-13-12-18(14-22-15-19(24)26-4)23-20(25)27-16-17-10-8-7-9-11-17/h7-11,18,22H,12-16H2,1-6H3,(H,23,25)/t18-/m1/s1. The van der Waals surface area contributed by atoms with Gasteiger partial charge in [0, 0.05) is 19.2 Å². The highest BCUT2D eigenvalue weighted by molar-refractivity contribution is 6.74. The molecule has 2 N–H and O–H groups in total. The summed E-state index contributed by atoms with van der Waals surface area (Å²) < 4.78 is 16.1. The van der Waals surface area contributed by atoms with Gasteiger partial charge in [0.05, 0.1) is 13.7 Å². The van der Waals surface area contributed by atoms with E-state index in [0.717, 1.165) is 5.56 Å². The Hall–Kier alpha value is -1.90. The second-order valence-corrected chi connectivity index (χ2v) is 13.3. The highest BCUT2D eigenvalue weighted by atomic mass is 28.4. The van der Waals surface area contributed by atoms with Crippen molar-refractivity contribution in [3.63, 3.8) is 0 Å². The van der Waals surface area contributed by atoms with Crippen molar-refractivity contribution in [1.82, 2.24) is 10.6 Å². The van der Waals surface area contributed by atoms with Crippen LogP contribution >= 0.6 is 0 Å². The molecule has 1 atom stereocenters. The molecule has 0 aromatic heterocycles. The summed E-state index contributed by atoms with van der Waals surface area (Å²) in [6, 6.07) is 9.27. The fourth-order valence-corrected chi connectivity index (χ4v) is 3.31. The van der Waals surface area contributed by atoms with Crippen molar-refractivity contribution < 1.29 is 23.5 Å². The van der Waals surface area contributed by atoms with Crippen LogP contribution in [0.4, 0.5) is 4.79 Å². The van der Waals surface area contributed by atoms with E-state index >= 15 is 0 Å². The third-order valence-corrected chi connectivity index (χ3v) is 9.70. The summed E-state index contributed by atoms with van der Waals surface area (Å²) in [5, 5.41) is 5.99. The summed E-state index contributed by atoms with van der Waals surface area (Å²) in [7, 11) is -0.523. The number of methoxy groups -OCH3 is 1. The van der Waals surface area contributed by atoms with Crippen molar-refractivity contribution in [3.05, 3.63) is 35.9 Å². The molecule has 0 aliphatic carbocycles. The number of hydrogen-bond acceptors (Lipinski definition) is 6. The molecule has 1 aromatic rings. The Morgan fingerprint density at radius 3 is 2.38 bits per heavy atom. The van der Waals surface area contributed by atoms with Crippen LogP contribution in [0.25, 0.3) is 0 Å². The Morgan fingerprint density at radius 2 is 1.79 bits per heavy atom. The molecule has 0 fully saturated rings. The zero-order valence-corrected chi connectivity index (χ0v) is 19.5. The average Bonchev–Trinajstić information content (AvgIpc) is 2.65. The molecular weight excluding hydrogens is 388 g/mol. The van der Waals surface area contributed by atoms with E-state index in [2.05, 4.69) is 49.2 Å². The Labute approximate surface area is 175 Å². The number of benzene rings is 1. The number of carbonyl (C=O) groups is 2. The van der Waals surface area contributed by atoms with Gasteiger partial charge < -0.3 is 24.5 Å². The van der Waals surface area contributed by atoms with Gasteiger partial charge in [0.2, 0.25) is 0 Å². The van der Waals surface area contributed by atoms with Gasteiger partial charge in [-0.2, -0.15) is 0 Å². The average molecular weight is 425 g/mol. The lowest BCUT2D eigenvalue weighted by molar-refractivity contribution is -0.139. The van der Waals surface area contributed by atoms with Crippen LogP contribution in [0, 0.1) is 0 Å². The molecule has 7 nitrogen and oxygen atoms in total. The molecule has 0 unspecified atom stereocenters. The van der Waals surface area contributed by atoms with Gasteiger partial charge in [0.1, 0.15) is 6.61 Å². The molecule has 164 valence electrons. The van der Waals surface area contributed by atoms with Crippen LogP contribution in [0.2, 0.25) is 18.1 Å². The molecule has 0 saturated carbocycles. The number of carbonyl (C=O) groups excluding carboxylic acids is 2. The van der Waals surface area contributed by atoms with Crippen molar-refractivity contribution in [2.24, 2.45) is 0 Å². The quantitative estimate of drug-likeness (QED) is 0.418. The number of amides is 1. The van der Waals surface area contributed by atoms with E-state index in [-0.39, 0.29) is 30.2 Å². The molecule has 0 spiro atoms. The summed E-state index contributed by atoms with van der Waals surface area (Å²) in [6.07, 6.45) is 0.118. The number of alkyl carbamates (subject to hydrolysis) is 1. The molecule has 0 bridgehead atoms. The molecule has 8 heteroatoms. The van der Waals surface area contributed by atoms with Gasteiger partial charge in [0.15, 0.2) is 8.32 Å². The molecule has 0 aliphatic rings. The van der Waals surface area contributed by atoms with E-state index in [1.54, 1.807) is 0 Å². The lowest BCUT2D eigenvalue weighted by Crippen LogP contribution is -2.46. The largest absolute Gasteiger partial charge is 0.468 e. The minimum absolute atomic E-state index is 0.0802. The number of hydrogen-bond donors (Lipinski definition) is 2. The minimum atomic E-state index is -1.86. The number of esters is 1. The zero-order valence-electron chi connectivity index (χ0n) is 18.5. The second-order valence-electron chi connectivity index (χ2n) is 8.51. The van der Waals surface area contributed by atoms with Gasteiger partial charge >= 0.3 is 12.1 Å². The first-order chi connectivity index (χ1) is 13.5. The first-order valence-electron chi connectivity index (χ1n) is 9.94. The topological polar surface area (TPSA) is 85.9 Å².